The van der Waals surface area contributed by atoms with Crippen molar-refractivity contribution in [1.29, 1.82) is 0 Å². The van der Waals surface area contributed by atoms with Crippen LogP contribution < -0.4 is 10.2 Å². The third-order valence-corrected chi connectivity index (χ3v) is 5.52. The molecule has 1 fully saturated rings. The number of aryl methyl sites for hydroxylation is 1. The molecule has 4 N–H and O–H groups in total. The lowest BCUT2D eigenvalue weighted by Crippen LogP contribution is -2.60. The quantitative estimate of drug-likeness (QED) is 0.471. The second-order valence-corrected chi connectivity index (χ2v) is 7.77. The van der Waals surface area contributed by atoms with E-state index in [0.29, 0.717) is 16.6 Å². The predicted molar refractivity (Wildman–Crippen MR) is 103 cm³/mol. The number of fused-ring (bicyclic) bond motifs is 1. The molecule has 2 aromatic heterocycles. The lowest BCUT2D eigenvalue weighted by molar-refractivity contribution is -0.277. The van der Waals surface area contributed by atoms with Gasteiger partial charge in [-0.1, -0.05) is 0 Å². The summed E-state index contributed by atoms with van der Waals surface area (Å²) in [6.07, 6.45) is -5.64. The van der Waals surface area contributed by atoms with E-state index in [-0.39, 0.29) is 16.8 Å². The van der Waals surface area contributed by atoms with Crippen LogP contribution in [-0.4, -0.2) is 62.7 Å². The number of nitrogens with zero attached hydrogens (tertiary/aromatic N) is 1. The number of rotatable bonds is 4. The molecular formula is C19H19NO8S. The van der Waals surface area contributed by atoms with E-state index in [2.05, 4.69) is 4.98 Å². The molecule has 0 spiro atoms. The summed E-state index contributed by atoms with van der Waals surface area (Å²) in [4.78, 5) is 17.1. The van der Waals surface area contributed by atoms with Crippen LogP contribution in [-0.2, 0) is 4.74 Å². The van der Waals surface area contributed by atoms with Crippen molar-refractivity contribution in [3.8, 4) is 17.0 Å². The van der Waals surface area contributed by atoms with E-state index >= 15 is 0 Å². The second-order valence-electron chi connectivity index (χ2n) is 6.70. The zero-order chi connectivity index (χ0) is 20.7. The highest BCUT2D eigenvalue weighted by Gasteiger charge is 2.44. The Morgan fingerprint density at radius 1 is 1.21 bits per heavy atom. The minimum Gasteiger partial charge on any atom is -0.463 e. The maximum Gasteiger partial charge on any atom is 0.229 e. The SMILES string of the molecule is Cc1nc(-c2coc3cc(O[C@@H]4O[C@@H](CO)[C@H](O)[C@@H](O)[C@@H]4O)ccc3c2=O)cs1. The maximum atomic E-state index is 12.8. The summed E-state index contributed by atoms with van der Waals surface area (Å²) >= 11 is 1.43. The Morgan fingerprint density at radius 2 is 2.00 bits per heavy atom. The fraction of sp³-hybridized carbons (Fsp3) is 0.368. The van der Waals surface area contributed by atoms with Crippen LogP contribution in [0.25, 0.3) is 22.2 Å². The van der Waals surface area contributed by atoms with Crippen LogP contribution in [0.5, 0.6) is 5.75 Å². The molecule has 0 saturated carbocycles. The van der Waals surface area contributed by atoms with E-state index in [1.807, 2.05) is 6.92 Å². The van der Waals surface area contributed by atoms with Crippen molar-refractivity contribution in [2.24, 2.45) is 0 Å². The molecule has 1 aliphatic rings. The highest BCUT2D eigenvalue weighted by Crippen LogP contribution is 2.27. The monoisotopic (exact) mass is 421 g/mol. The van der Waals surface area contributed by atoms with Gasteiger partial charge in [-0.05, 0) is 19.1 Å². The average Bonchev–Trinajstić information content (AvgIpc) is 3.14. The van der Waals surface area contributed by atoms with Crippen molar-refractivity contribution in [2.45, 2.75) is 37.6 Å². The van der Waals surface area contributed by atoms with Gasteiger partial charge in [0, 0.05) is 11.4 Å². The van der Waals surface area contributed by atoms with E-state index in [1.165, 1.54) is 35.8 Å². The van der Waals surface area contributed by atoms with Gasteiger partial charge in [-0.15, -0.1) is 11.3 Å². The van der Waals surface area contributed by atoms with Crippen LogP contribution >= 0.6 is 11.3 Å². The van der Waals surface area contributed by atoms with E-state index in [4.69, 9.17) is 13.9 Å². The third kappa shape index (κ3) is 3.66. The van der Waals surface area contributed by atoms with Gasteiger partial charge in [0.2, 0.25) is 11.7 Å². The Hall–Kier alpha value is -2.34. The Kier molecular flexibility index (Phi) is 5.38. The molecule has 0 bridgehead atoms. The number of hydrogen-bond acceptors (Lipinski definition) is 10. The van der Waals surface area contributed by atoms with Gasteiger partial charge in [0.05, 0.1) is 28.3 Å². The molecule has 0 radical (unpaired) electrons. The van der Waals surface area contributed by atoms with Crippen LogP contribution in [0, 0.1) is 6.92 Å². The molecule has 29 heavy (non-hydrogen) atoms. The number of aliphatic hydroxyl groups is 4. The van der Waals surface area contributed by atoms with Gasteiger partial charge in [0.15, 0.2) is 0 Å². The van der Waals surface area contributed by atoms with Crippen molar-refractivity contribution in [2.75, 3.05) is 6.61 Å². The van der Waals surface area contributed by atoms with Crippen LogP contribution in [0.1, 0.15) is 5.01 Å². The van der Waals surface area contributed by atoms with Gasteiger partial charge in [0.25, 0.3) is 0 Å². The summed E-state index contributed by atoms with van der Waals surface area (Å²) in [7, 11) is 0. The Morgan fingerprint density at radius 3 is 2.69 bits per heavy atom. The summed E-state index contributed by atoms with van der Waals surface area (Å²) in [5, 5.41) is 42.0. The van der Waals surface area contributed by atoms with Crippen LogP contribution in [0.4, 0.5) is 0 Å². The molecule has 3 heterocycles. The molecule has 5 atom stereocenters. The highest BCUT2D eigenvalue weighted by molar-refractivity contribution is 7.09. The van der Waals surface area contributed by atoms with Crippen molar-refractivity contribution >= 4 is 22.3 Å². The number of thiazole rings is 1. The molecule has 10 heteroatoms. The van der Waals surface area contributed by atoms with Crippen LogP contribution in [0.3, 0.4) is 0 Å². The lowest BCUT2D eigenvalue weighted by Gasteiger charge is -2.39. The molecule has 3 aromatic rings. The molecule has 0 aliphatic carbocycles. The normalized spacial score (nSPS) is 27.3. The number of benzene rings is 1. The Balaban J connectivity index is 1.62. The number of hydrogen-bond donors (Lipinski definition) is 4. The summed E-state index contributed by atoms with van der Waals surface area (Å²) in [5.74, 6) is 0.210. The van der Waals surface area contributed by atoms with Gasteiger partial charge >= 0.3 is 0 Å². The number of ether oxygens (including phenoxy) is 2. The first-order chi connectivity index (χ1) is 13.9. The minimum absolute atomic E-state index is 0.210. The molecule has 1 aromatic carbocycles. The second kappa shape index (κ2) is 7.82. The van der Waals surface area contributed by atoms with E-state index in [0.717, 1.165) is 5.01 Å². The van der Waals surface area contributed by atoms with E-state index < -0.39 is 37.3 Å². The van der Waals surface area contributed by atoms with Crippen molar-refractivity contribution < 1.29 is 34.3 Å². The molecule has 1 saturated heterocycles. The molecule has 154 valence electrons. The zero-order valence-electron chi connectivity index (χ0n) is 15.3. The molecule has 4 rings (SSSR count). The molecule has 1 aliphatic heterocycles. The number of aliphatic hydroxyl groups excluding tert-OH is 4. The first-order valence-corrected chi connectivity index (χ1v) is 9.72. The van der Waals surface area contributed by atoms with E-state index in [1.54, 1.807) is 5.38 Å². The average molecular weight is 421 g/mol. The lowest BCUT2D eigenvalue weighted by atomic mass is 9.99. The van der Waals surface area contributed by atoms with Gasteiger partial charge < -0.3 is 34.3 Å². The fourth-order valence-electron chi connectivity index (χ4n) is 3.14. The summed E-state index contributed by atoms with van der Waals surface area (Å²) in [6, 6.07) is 4.47. The summed E-state index contributed by atoms with van der Waals surface area (Å²) in [5.41, 5.74) is 0.915. The van der Waals surface area contributed by atoms with Crippen LogP contribution in [0.15, 0.2) is 39.1 Å². The predicted octanol–water partition coefficient (Wildman–Crippen LogP) is 0.404. The molecule has 0 amide bonds. The Bertz CT molecular complexity index is 1080. The third-order valence-electron chi connectivity index (χ3n) is 4.74. The maximum absolute atomic E-state index is 12.8. The smallest absolute Gasteiger partial charge is 0.229 e. The van der Waals surface area contributed by atoms with Gasteiger partial charge in [0.1, 0.15) is 42.0 Å². The van der Waals surface area contributed by atoms with Crippen LogP contribution in [0.2, 0.25) is 0 Å². The Labute approximate surface area is 168 Å². The first kappa shape index (κ1) is 20.0. The largest absolute Gasteiger partial charge is 0.463 e. The molecule has 0 unspecified atom stereocenters. The fourth-order valence-corrected chi connectivity index (χ4v) is 3.76. The van der Waals surface area contributed by atoms with Gasteiger partial charge in [-0.2, -0.15) is 0 Å². The van der Waals surface area contributed by atoms with Crippen molar-refractivity contribution in [3.05, 3.63) is 45.1 Å². The minimum atomic E-state index is -1.55. The topological polar surface area (TPSA) is 142 Å². The van der Waals surface area contributed by atoms with Crippen molar-refractivity contribution in [1.82, 2.24) is 4.98 Å². The highest BCUT2D eigenvalue weighted by atomic mass is 32.1. The first-order valence-electron chi connectivity index (χ1n) is 8.84. The van der Waals surface area contributed by atoms with Gasteiger partial charge in [-0.25, -0.2) is 4.98 Å². The van der Waals surface area contributed by atoms with Gasteiger partial charge in [-0.3, -0.25) is 4.79 Å². The molecular weight excluding hydrogens is 402 g/mol. The summed E-state index contributed by atoms with van der Waals surface area (Å²) < 4.78 is 16.5. The summed E-state index contributed by atoms with van der Waals surface area (Å²) in [6.45, 7) is 1.29. The van der Waals surface area contributed by atoms with Crippen molar-refractivity contribution in [3.63, 3.8) is 0 Å². The zero-order valence-corrected chi connectivity index (χ0v) is 16.1. The number of aromatic nitrogens is 1. The molecule has 9 nitrogen and oxygen atoms in total. The van der Waals surface area contributed by atoms with E-state index in [9.17, 15) is 25.2 Å². The standard InChI is InChI=1S/C19H19NO8S/c1-8-20-12(7-29-8)11-6-26-13-4-9(2-3-10(13)15(11)22)27-19-18(25)17(24)16(23)14(5-21)28-19/h2-4,6-7,14,16-19,21,23-25H,5H2,1H3/t14-,16-,17+,18-,19+/m0/s1.